The molecule has 1 aromatic heterocycles. The second-order valence-corrected chi connectivity index (χ2v) is 4.24. The lowest BCUT2D eigenvalue weighted by Crippen LogP contribution is -2.15. The minimum Gasteiger partial charge on any atom is -0.392 e. The van der Waals surface area contributed by atoms with Gasteiger partial charge in [-0.05, 0) is 24.1 Å². The topological polar surface area (TPSA) is 63.8 Å². The second-order valence-electron chi connectivity index (χ2n) is 4.24. The Morgan fingerprint density at radius 1 is 1.24 bits per heavy atom. The Bertz CT molecular complexity index is 478. The van der Waals surface area contributed by atoms with Crippen LogP contribution in [0.25, 0.3) is 0 Å². The number of aromatic nitrogens is 4. The molecule has 0 radical (unpaired) electrons. The van der Waals surface area contributed by atoms with Crippen molar-refractivity contribution in [2.75, 3.05) is 0 Å². The summed E-state index contributed by atoms with van der Waals surface area (Å²) in [6, 6.07) is 8.15. The first kappa shape index (κ1) is 11.7. The van der Waals surface area contributed by atoms with Gasteiger partial charge in [0, 0.05) is 6.42 Å². The summed E-state index contributed by atoms with van der Waals surface area (Å²) in [4.78, 5) is 1.40. The number of aliphatic hydroxyl groups is 1. The van der Waals surface area contributed by atoms with Gasteiger partial charge in [0.05, 0.1) is 13.2 Å². The molecule has 2 aromatic rings. The lowest BCUT2D eigenvalue weighted by molar-refractivity contribution is 0.173. The largest absolute Gasteiger partial charge is 0.392 e. The Hall–Kier alpha value is -1.75. The Labute approximate surface area is 100 Å². The van der Waals surface area contributed by atoms with Crippen LogP contribution in [0.2, 0.25) is 0 Å². The lowest BCUT2D eigenvalue weighted by Gasteiger charge is -2.08. The molecule has 0 fully saturated rings. The molecule has 0 aliphatic rings. The van der Waals surface area contributed by atoms with Gasteiger partial charge in [-0.15, -0.1) is 10.2 Å². The molecule has 5 nitrogen and oxygen atoms in total. The Balaban J connectivity index is 1.93. The number of rotatable bonds is 4. The van der Waals surface area contributed by atoms with Crippen molar-refractivity contribution in [1.82, 2.24) is 20.2 Å². The number of benzene rings is 1. The molecule has 0 aliphatic heterocycles. The van der Waals surface area contributed by atoms with Crippen molar-refractivity contribution in [2.45, 2.75) is 25.9 Å². The zero-order valence-electron chi connectivity index (χ0n) is 10.0. The molecule has 1 unspecified atom stereocenters. The average molecular weight is 232 g/mol. The van der Waals surface area contributed by atoms with E-state index >= 15 is 0 Å². The number of aliphatic hydroxyl groups excluding tert-OH is 1. The van der Waals surface area contributed by atoms with Crippen LogP contribution in [0, 0.1) is 6.92 Å². The van der Waals surface area contributed by atoms with Crippen molar-refractivity contribution >= 4 is 0 Å². The van der Waals surface area contributed by atoms with Crippen molar-refractivity contribution < 1.29 is 5.11 Å². The Morgan fingerprint density at radius 3 is 2.53 bits per heavy atom. The van der Waals surface area contributed by atoms with Crippen LogP contribution in [0.15, 0.2) is 24.3 Å². The second kappa shape index (κ2) is 5.05. The lowest BCUT2D eigenvalue weighted by atomic mass is 10.0. The molecule has 1 N–H and O–H groups in total. The molecule has 0 spiro atoms. The number of tetrazole rings is 1. The molecule has 17 heavy (non-hydrogen) atoms. The summed E-state index contributed by atoms with van der Waals surface area (Å²) in [5.74, 6) is 0.576. The fourth-order valence-corrected chi connectivity index (χ4v) is 1.68. The number of nitrogens with zero attached hydrogens (tertiary/aromatic N) is 4. The summed E-state index contributed by atoms with van der Waals surface area (Å²) in [6.07, 6.45) is 0.571. The third-order valence-electron chi connectivity index (χ3n) is 2.56. The van der Waals surface area contributed by atoms with E-state index in [0.29, 0.717) is 18.7 Å². The van der Waals surface area contributed by atoms with Gasteiger partial charge < -0.3 is 5.11 Å². The van der Waals surface area contributed by atoms with Crippen LogP contribution in [0.3, 0.4) is 0 Å². The number of hydrogen-bond donors (Lipinski definition) is 1. The zero-order chi connectivity index (χ0) is 12.3. The highest BCUT2D eigenvalue weighted by molar-refractivity contribution is 5.21. The normalized spacial score (nSPS) is 12.6. The highest BCUT2D eigenvalue weighted by Crippen LogP contribution is 2.08. The predicted octanol–water partition coefficient (Wildman–Crippen LogP) is 0.665. The van der Waals surface area contributed by atoms with E-state index in [4.69, 9.17) is 0 Å². The van der Waals surface area contributed by atoms with Crippen LogP contribution in [0.5, 0.6) is 0 Å². The third kappa shape index (κ3) is 3.35. The monoisotopic (exact) mass is 232 g/mol. The summed E-state index contributed by atoms with van der Waals surface area (Å²) >= 11 is 0. The van der Waals surface area contributed by atoms with E-state index in [1.54, 1.807) is 7.05 Å². The van der Waals surface area contributed by atoms with Crippen molar-refractivity contribution in [3.8, 4) is 0 Å². The Morgan fingerprint density at radius 2 is 1.94 bits per heavy atom. The van der Waals surface area contributed by atoms with Crippen LogP contribution in [0.1, 0.15) is 17.0 Å². The number of hydrogen-bond acceptors (Lipinski definition) is 4. The van der Waals surface area contributed by atoms with Crippen molar-refractivity contribution in [3.05, 3.63) is 41.2 Å². The molecule has 90 valence electrons. The standard InChI is InChI=1S/C12H16N4O/c1-9-3-5-10(6-4-9)7-11(17)8-12-13-15-16(2)14-12/h3-6,11,17H,7-8H2,1-2H3. The fourth-order valence-electron chi connectivity index (χ4n) is 1.68. The average Bonchev–Trinajstić information content (AvgIpc) is 2.67. The van der Waals surface area contributed by atoms with Gasteiger partial charge in [-0.3, -0.25) is 0 Å². The van der Waals surface area contributed by atoms with E-state index in [9.17, 15) is 5.11 Å². The maximum absolute atomic E-state index is 9.92. The minimum atomic E-state index is -0.470. The summed E-state index contributed by atoms with van der Waals surface area (Å²) in [5, 5.41) is 21.5. The first-order valence-corrected chi connectivity index (χ1v) is 5.60. The molecule has 0 saturated heterocycles. The molecule has 0 aliphatic carbocycles. The molecule has 0 amide bonds. The van der Waals surface area contributed by atoms with Crippen LogP contribution in [0.4, 0.5) is 0 Å². The summed E-state index contributed by atoms with van der Waals surface area (Å²) in [5.41, 5.74) is 2.34. The van der Waals surface area contributed by atoms with Crippen LogP contribution in [-0.2, 0) is 19.9 Å². The van der Waals surface area contributed by atoms with Crippen molar-refractivity contribution in [3.63, 3.8) is 0 Å². The highest BCUT2D eigenvalue weighted by atomic mass is 16.3. The van der Waals surface area contributed by atoms with Crippen LogP contribution < -0.4 is 0 Å². The summed E-state index contributed by atoms with van der Waals surface area (Å²) in [6.45, 7) is 2.05. The molecule has 1 aromatic carbocycles. The van der Waals surface area contributed by atoms with Gasteiger partial charge in [0.15, 0.2) is 5.82 Å². The van der Waals surface area contributed by atoms with E-state index in [1.165, 1.54) is 10.4 Å². The minimum absolute atomic E-state index is 0.432. The van der Waals surface area contributed by atoms with Crippen LogP contribution in [-0.4, -0.2) is 31.4 Å². The maximum atomic E-state index is 9.92. The quantitative estimate of drug-likeness (QED) is 0.841. The van der Waals surface area contributed by atoms with Crippen molar-refractivity contribution in [2.24, 2.45) is 7.05 Å². The molecule has 2 rings (SSSR count). The van der Waals surface area contributed by atoms with E-state index in [0.717, 1.165) is 5.56 Å². The molecule has 1 heterocycles. The predicted molar refractivity (Wildman–Crippen MR) is 63.4 cm³/mol. The van der Waals surface area contributed by atoms with Gasteiger partial charge in [0.25, 0.3) is 0 Å². The van der Waals surface area contributed by atoms with E-state index in [2.05, 4.69) is 15.4 Å². The number of aryl methyl sites for hydroxylation is 2. The van der Waals surface area contributed by atoms with Gasteiger partial charge in [-0.2, -0.15) is 4.80 Å². The van der Waals surface area contributed by atoms with E-state index < -0.39 is 6.10 Å². The van der Waals surface area contributed by atoms with Gasteiger partial charge >= 0.3 is 0 Å². The maximum Gasteiger partial charge on any atom is 0.177 e. The molecular weight excluding hydrogens is 216 g/mol. The fraction of sp³-hybridized carbons (Fsp3) is 0.417. The van der Waals surface area contributed by atoms with E-state index in [1.807, 2.05) is 31.2 Å². The van der Waals surface area contributed by atoms with Crippen molar-refractivity contribution in [1.29, 1.82) is 0 Å². The smallest absolute Gasteiger partial charge is 0.177 e. The van der Waals surface area contributed by atoms with Gasteiger partial charge in [0.1, 0.15) is 0 Å². The SMILES string of the molecule is Cc1ccc(CC(O)Cc2nnn(C)n2)cc1. The van der Waals surface area contributed by atoms with Crippen LogP contribution >= 0.6 is 0 Å². The summed E-state index contributed by atoms with van der Waals surface area (Å²) in [7, 11) is 1.71. The molecular formula is C12H16N4O. The van der Waals surface area contributed by atoms with E-state index in [-0.39, 0.29) is 0 Å². The first-order chi connectivity index (χ1) is 8.13. The molecule has 0 saturated carbocycles. The highest BCUT2D eigenvalue weighted by Gasteiger charge is 2.10. The van der Waals surface area contributed by atoms with Gasteiger partial charge in [0.2, 0.25) is 0 Å². The Kier molecular flexibility index (Phi) is 3.49. The summed E-state index contributed by atoms with van der Waals surface area (Å²) < 4.78 is 0. The molecule has 1 atom stereocenters. The molecule has 5 heteroatoms. The van der Waals surface area contributed by atoms with Gasteiger partial charge in [-0.1, -0.05) is 29.8 Å². The first-order valence-electron chi connectivity index (χ1n) is 5.60. The molecule has 0 bridgehead atoms. The zero-order valence-corrected chi connectivity index (χ0v) is 10.0. The van der Waals surface area contributed by atoms with Gasteiger partial charge in [-0.25, -0.2) is 0 Å². The third-order valence-corrected chi connectivity index (χ3v) is 2.56.